The Morgan fingerprint density at radius 3 is 1.44 bits per heavy atom. The van der Waals surface area contributed by atoms with Crippen LogP contribution in [0.4, 0.5) is 58.4 Å². The first-order chi connectivity index (χ1) is 32.2. The Morgan fingerprint density at radius 1 is 0.530 bits per heavy atom. The van der Waals surface area contributed by atoms with Crippen molar-refractivity contribution in [1.82, 2.24) is 40.5 Å². The number of hydrogen-bond donors (Lipinski definition) is 12. The van der Waals surface area contributed by atoms with Crippen LogP contribution >= 0.6 is 12.0 Å². The number of nitrogens with one attached hydrogen (secondary N) is 8. The second kappa shape index (κ2) is 25.8. The molecule has 6 aromatic rings. The molecule has 12 N–H and O–H groups in total. The molecule has 0 saturated heterocycles. The minimum Gasteiger partial charge on any atom is -0.395 e. The molecule has 0 aliphatic rings. The van der Waals surface area contributed by atoms with Gasteiger partial charge in [-0.2, -0.15) is 38.3 Å². The number of nitrogens with zero attached hydrogens (tertiary/aromatic N) is 6. The number of anilines is 10. The summed E-state index contributed by atoms with van der Waals surface area (Å²) in [6.45, 7) is 3.47. The molecule has 0 atom stereocenters. The van der Waals surface area contributed by atoms with Crippen LogP contribution in [0, 0.1) is 0 Å². The van der Waals surface area contributed by atoms with E-state index in [0.717, 1.165) is 17.8 Å². The highest BCUT2D eigenvalue weighted by Gasteiger charge is 2.17. The Morgan fingerprint density at radius 2 is 0.970 bits per heavy atom. The van der Waals surface area contributed by atoms with Crippen molar-refractivity contribution in [1.29, 1.82) is 0 Å². The molecular formula is C42H50N14O8S2. The summed E-state index contributed by atoms with van der Waals surface area (Å²) in [5, 5.41) is 56.0. The van der Waals surface area contributed by atoms with E-state index in [2.05, 4.69) is 77.5 Å². The summed E-state index contributed by atoms with van der Waals surface area (Å²) in [5.74, 6) is 1.34. The third-order valence-electron chi connectivity index (χ3n) is 8.95. The van der Waals surface area contributed by atoms with E-state index in [1.165, 1.54) is 18.2 Å². The lowest BCUT2D eigenvalue weighted by Gasteiger charge is -2.13. The highest BCUT2D eigenvalue weighted by Crippen LogP contribution is 2.32. The maximum atomic E-state index is 12.8. The fourth-order valence-electron chi connectivity index (χ4n) is 5.95. The minimum atomic E-state index is -4.76. The standard InChI is InChI=1S/C42H50N14O8S2/c57-25-23-43-19-7-21-45-37-51-39(47-31-9-3-1-4-10-31)55-41(53-37)49-33-17-15-29(35(27-33)65-64-63-59)13-14-30-16-18-34(28-36(30)66(60,61)62)50-42-54-38(46-22-8-20-44-24-26-58)52-40(56-42)48-32-11-5-2-6-12-32/h1-6,9-18,27-28,43-44,57-59H,7-8,19-26H2,(H,60,61,62)(H3,45,47,49,51,53,55)(H3,46,48,50,52,54,56). The van der Waals surface area contributed by atoms with Crippen molar-refractivity contribution in [3.8, 4) is 0 Å². The van der Waals surface area contributed by atoms with Gasteiger partial charge >= 0.3 is 0 Å². The Kier molecular flexibility index (Phi) is 19.1. The van der Waals surface area contributed by atoms with E-state index in [1.54, 1.807) is 30.3 Å². The van der Waals surface area contributed by atoms with Gasteiger partial charge in [-0.25, -0.2) is 5.26 Å². The molecule has 2 aromatic heterocycles. The Hall–Kier alpha value is -6.58. The van der Waals surface area contributed by atoms with Crippen LogP contribution in [-0.4, -0.2) is 111 Å². The lowest BCUT2D eigenvalue weighted by Crippen LogP contribution is -2.21. The van der Waals surface area contributed by atoms with E-state index in [-0.39, 0.29) is 54.2 Å². The summed E-state index contributed by atoms with van der Waals surface area (Å²) in [6.07, 6.45) is 4.54. The van der Waals surface area contributed by atoms with Crippen molar-refractivity contribution in [2.45, 2.75) is 22.6 Å². The van der Waals surface area contributed by atoms with Crippen LogP contribution in [0.1, 0.15) is 24.0 Å². The average molecular weight is 943 g/mol. The molecule has 0 bridgehead atoms. The summed E-state index contributed by atoms with van der Waals surface area (Å²) in [5.41, 5.74) is 2.91. The molecule has 0 saturated carbocycles. The van der Waals surface area contributed by atoms with Crippen molar-refractivity contribution in [2.24, 2.45) is 0 Å². The first-order valence-corrected chi connectivity index (χ1v) is 22.8. The number of aromatic nitrogens is 6. The van der Waals surface area contributed by atoms with E-state index in [4.69, 9.17) is 19.8 Å². The first kappa shape index (κ1) is 48.9. The van der Waals surface area contributed by atoms with Gasteiger partial charge < -0.3 is 52.7 Å². The van der Waals surface area contributed by atoms with Crippen LogP contribution in [0.15, 0.2) is 107 Å². The third kappa shape index (κ3) is 16.1. The van der Waals surface area contributed by atoms with Crippen molar-refractivity contribution in [3.05, 3.63) is 108 Å². The van der Waals surface area contributed by atoms with Crippen LogP contribution in [0.5, 0.6) is 0 Å². The maximum absolute atomic E-state index is 12.8. The van der Waals surface area contributed by atoms with Crippen LogP contribution in [0.3, 0.4) is 0 Å². The highest BCUT2D eigenvalue weighted by molar-refractivity contribution is 7.94. The van der Waals surface area contributed by atoms with Gasteiger partial charge in [-0.3, -0.25) is 4.55 Å². The molecule has 2 heterocycles. The highest BCUT2D eigenvalue weighted by atomic mass is 32.2. The van der Waals surface area contributed by atoms with Crippen LogP contribution in [0.25, 0.3) is 12.2 Å². The number of rotatable bonds is 28. The number of hydrogen-bond acceptors (Lipinski definition) is 22. The molecule has 22 nitrogen and oxygen atoms in total. The zero-order valence-electron chi connectivity index (χ0n) is 35.4. The lowest BCUT2D eigenvalue weighted by molar-refractivity contribution is -0.432. The van der Waals surface area contributed by atoms with E-state index in [0.29, 0.717) is 79.8 Å². The first-order valence-electron chi connectivity index (χ1n) is 20.6. The topological polar surface area (TPSA) is 307 Å². The summed E-state index contributed by atoms with van der Waals surface area (Å²) >= 11 is 0.677. The van der Waals surface area contributed by atoms with E-state index in [1.807, 2.05) is 60.7 Å². The summed E-state index contributed by atoms with van der Waals surface area (Å²) in [4.78, 5) is 27.0. The zero-order chi connectivity index (χ0) is 46.4. The quantitative estimate of drug-likeness (QED) is 0.00707. The van der Waals surface area contributed by atoms with E-state index >= 15 is 0 Å². The molecule has 0 radical (unpaired) electrons. The Bertz CT molecular complexity index is 2590. The Balaban J connectivity index is 1.22. The van der Waals surface area contributed by atoms with E-state index < -0.39 is 15.0 Å². The molecule has 6 rings (SSSR count). The maximum Gasteiger partial charge on any atom is 0.295 e. The van der Waals surface area contributed by atoms with Gasteiger partial charge in [0, 0.05) is 53.8 Å². The summed E-state index contributed by atoms with van der Waals surface area (Å²) < 4.78 is 40.7. The van der Waals surface area contributed by atoms with Gasteiger partial charge in [0.05, 0.1) is 25.3 Å². The predicted octanol–water partition coefficient (Wildman–Crippen LogP) is 5.64. The molecule has 0 aliphatic carbocycles. The predicted molar refractivity (Wildman–Crippen MR) is 254 cm³/mol. The molecule has 0 unspecified atom stereocenters. The van der Waals surface area contributed by atoms with Gasteiger partial charge in [-0.15, -0.1) is 4.33 Å². The second-order valence-electron chi connectivity index (χ2n) is 13.9. The smallest absolute Gasteiger partial charge is 0.295 e. The molecule has 0 fully saturated rings. The zero-order valence-corrected chi connectivity index (χ0v) is 37.0. The van der Waals surface area contributed by atoms with Crippen molar-refractivity contribution < 1.29 is 37.8 Å². The third-order valence-corrected chi connectivity index (χ3v) is 10.5. The van der Waals surface area contributed by atoms with Gasteiger partial charge in [0.25, 0.3) is 10.1 Å². The van der Waals surface area contributed by atoms with Gasteiger partial charge in [0.15, 0.2) is 0 Å². The number of para-hydroxylation sites is 2. The molecule has 0 spiro atoms. The molecule has 0 amide bonds. The average Bonchev–Trinajstić information content (AvgIpc) is 3.31. The molecule has 0 aliphatic heterocycles. The monoisotopic (exact) mass is 942 g/mol. The molecule has 24 heteroatoms. The SMILES string of the molecule is O=S(=O)(O)c1cc(Nc2nc(NCCCNCCO)nc(Nc3ccccc3)n2)ccc1C=Cc1ccc(Nc2nc(NCCCNCCO)nc(Nc3ccccc3)n2)cc1SOOO. The van der Waals surface area contributed by atoms with Gasteiger partial charge in [-0.05, 0) is 85.6 Å². The largest absolute Gasteiger partial charge is 0.395 e. The van der Waals surface area contributed by atoms with Crippen molar-refractivity contribution in [3.63, 3.8) is 0 Å². The molecule has 348 valence electrons. The van der Waals surface area contributed by atoms with Crippen LogP contribution in [0.2, 0.25) is 0 Å². The molecule has 66 heavy (non-hydrogen) atoms. The fourth-order valence-corrected chi connectivity index (χ4v) is 7.18. The van der Waals surface area contributed by atoms with Crippen molar-refractivity contribution in [2.75, 3.05) is 84.4 Å². The number of aliphatic hydroxyl groups excluding tert-OH is 2. The van der Waals surface area contributed by atoms with Gasteiger partial charge in [-0.1, -0.05) is 65.7 Å². The number of aliphatic hydroxyl groups is 2. The second-order valence-corrected chi connectivity index (χ2v) is 16.0. The van der Waals surface area contributed by atoms with Gasteiger partial charge in [0.1, 0.15) is 4.90 Å². The van der Waals surface area contributed by atoms with Crippen LogP contribution < -0.4 is 42.5 Å². The normalized spacial score (nSPS) is 11.4. The molecular weight excluding hydrogens is 893 g/mol. The van der Waals surface area contributed by atoms with Crippen LogP contribution in [-0.2, 0) is 19.5 Å². The number of benzene rings is 4. The van der Waals surface area contributed by atoms with Crippen molar-refractivity contribution >= 4 is 92.8 Å². The minimum absolute atomic E-state index is 0.0393. The molecule has 4 aromatic carbocycles. The lowest BCUT2D eigenvalue weighted by atomic mass is 10.1. The summed E-state index contributed by atoms with van der Waals surface area (Å²) in [6, 6.07) is 28.1. The van der Waals surface area contributed by atoms with E-state index in [9.17, 15) is 13.0 Å². The van der Waals surface area contributed by atoms with Gasteiger partial charge in [0.2, 0.25) is 35.7 Å². The Labute approximate surface area is 385 Å². The fraction of sp³-hybridized carbons (Fsp3) is 0.238. The summed E-state index contributed by atoms with van der Waals surface area (Å²) in [7, 11) is -4.76.